The number of carbonyl (C=O) groups is 1. The lowest BCUT2D eigenvalue weighted by Gasteiger charge is -2.33. The van der Waals surface area contributed by atoms with Gasteiger partial charge in [0.15, 0.2) is 0 Å². The summed E-state index contributed by atoms with van der Waals surface area (Å²) < 4.78 is 0. The molecule has 1 fully saturated rings. The van der Waals surface area contributed by atoms with Gasteiger partial charge in [-0.3, -0.25) is 4.79 Å². The zero-order valence-electron chi connectivity index (χ0n) is 12.1. The van der Waals surface area contributed by atoms with E-state index in [0.29, 0.717) is 17.8 Å². The van der Waals surface area contributed by atoms with Crippen LogP contribution in [0.15, 0.2) is 24.3 Å². The minimum absolute atomic E-state index is 0.0285. The number of likely N-dealkylation sites (N-methyl/N-ethyl adjacent to an activating group) is 1. The van der Waals surface area contributed by atoms with E-state index in [4.69, 9.17) is 5.73 Å². The number of nitrogens with two attached hydrogens (primary N) is 1. The van der Waals surface area contributed by atoms with Crippen molar-refractivity contribution in [3.8, 4) is 0 Å². The number of para-hydroxylation sites is 2. The van der Waals surface area contributed by atoms with Gasteiger partial charge < -0.3 is 20.9 Å². The van der Waals surface area contributed by atoms with Crippen LogP contribution in [0.3, 0.4) is 0 Å². The van der Waals surface area contributed by atoms with Crippen LogP contribution in [-0.4, -0.2) is 55.0 Å². The summed E-state index contributed by atoms with van der Waals surface area (Å²) in [6.07, 6.45) is 0.514. The van der Waals surface area contributed by atoms with E-state index < -0.39 is 0 Å². The van der Waals surface area contributed by atoms with E-state index in [2.05, 4.69) is 22.0 Å². The Morgan fingerprint density at radius 1 is 1.20 bits per heavy atom. The van der Waals surface area contributed by atoms with Crippen LogP contribution in [0.2, 0.25) is 0 Å². The first kappa shape index (κ1) is 14.8. The Kier molecular flexibility index (Phi) is 5.38. The fourth-order valence-corrected chi connectivity index (χ4v) is 2.41. The molecule has 1 heterocycles. The van der Waals surface area contributed by atoms with Crippen molar-refractivity contribution in [3.63, 3.8) is 0 Å². The van der Waals surface area contributed by atoms with Crippen molar-refractivity contribution in [1.29, 1.82) is 0 Å². The topological polar surface area (TPSA) is 61.6 Å². The van der Waals surface area contributed by atoms with Crippen LogP contribution in [0.25, 0.3) is 0 Å². The van der Waals surface area contributed by atoms with E-state index >= 15 is 0 Å². The molecule has 0 saturated carbocycles. The molecule has 0 unspecified atom stereocenters. The van der Waals surface area contributed by atoms with Gasteiger partial charge in [0, 0.05) is 39.1 Å². The lowest BCUT2D eigenvalue weighted by Crippen LogP contribution is -2.46. The number of carbonyl (C=O) groups excluding carboxylic acids is 1. The predicted molar refractivity (Wildman–Crippen MR) is 82.7 cm³/mol. The van der Waals surface area contributed by atoms with Gasteiger partial charge in [0.2, 0.25) is 5.91 Å². The summed E-state index contributed by atoms with van der Waals surface area (Å²) in [5, 5.41) is 2.87. The van der Waals surface area contributed by atoms with Gasteiger partial charge in [0.25, 0.3) is 0 Å². The number of hydrogen-bond donors (Lipinski definition) is 2. The van der Waals surface area contributed by atoms with Crippen LogP contribution in [0.5, 0.6) is 0 Å². The third-order valence-electron chi connectivity index (χ3n) is 3.80. The maximum Gasteiger partial charge on any atom is 0.225 e. The highest BCUT2D eigenvalue weighted by molar-refractivity contribution is 5.93. The molecule has 0 atom stereocenters. The predicted octanol–water partition coefficient (Wildman–Crippen LogP) is 1.23. The fraction of sp³-hybridized carbons (Fsp3) is 0.533. The molecule has 110 valence electrons. The smallest absolute Gasteiger partial charge is 0.225 e. The van der Waals surface area contributed by atoms with E-state index in [1.54, 1.807) is 6.07 Å². The highest BCUT2D eigenvalue weighted by atomic mass is 16.1. The molecule has 0 radical (unpaired) electrons. The molecule has 5 nitrogen and oxygen atoms in total. The maximum atomic E-state index is 11.9. The molecule has 1 saturated heterocycles. The van der Waals surface area contributed by atoms with E-state index in [1.165, 1.54) is 0 Å². The molecule has 1 aliphatic heterocycles. The van der Waals surface area contributed by atoms with E-state index in [0.717, 1.165) is 39.3 Å². The Morgan fingerprint density at radius 3 is 2.50 bits per heavy atom. The number of rotatable bonds is 5. The fourth-order valence-electron chi connectivity index (χ4n) is 2.41. The second-order valence-electron chi connectivity index (χ2n) is 5.16. The number of nitrogens with zero attached hydrogens (tertiary/aromatic N) is 2. The van der Waals surface area contributed by atoms with Crippen LogP contribution >= 0.6 is 0 Å². The van der Waals surface area contributed by atoms with Crippen LogP contribution in [0.1, 0.15) is 13.3 Å². The molecular weight excluding hydrogens is 252 g/mol. The number of anilines is 2. The molecule has 3 N–H and O–H groups in total. The average Bonchev–Trinajstić information content (AvgIpc) is 2.48. The summed E-state index contributed by atoms with van der Waals surface area (Å²) in [6.45, 7) is 8.42. The largest absolute Gasteiger partial charge is 0.397 e. The van der Waals surface area contributed by atoms with Gasteiger partial charge in [-0.1, -0.05) is 19.1 Å². The molecule has 1 amide bonds. The van der Waals surface area contributed by atoms with Gasteiger partial charge in [-0.05, 0) is 18.7 Å². The molecule has 1 aromatic rings. The summed E-state index contributed by atoms with van der Waals surface area (Å²) in [5.74, 6) is 0.0285. The first-order valence-corrected chi connectivity index (χ1v) is 7.28. The van der Waals surface area contributed by atoms with E-state index in [-0.39, 0.29) is 5.91 Å². The maximum absolute atomic E-state index is 11.9. The Labute approximate surface area is 120 Å². The van der Waals surface area contributed by atoms with Crippen LogP contribution in [0, 0.1) is 0 Å². The van der Waals surface area contributed by atoms with Gasteiger partial charge in [-0.2, -0.15) is 0 Å². The molecule has 0 bridgehead atoms. The SMILES string of the molecule is CCN1CCN(CCC(=O)Nc2ccccc2N)CC1. The van der Waals surface area contributed by atoms with Gasteiger partial charge in [-0.15, -0.1) is 0 Å². The molecule has 20 heavy (non-hydrogen) atoms. The van der Waals surface area contributed by atoms with Crippen molar-refractivity contribution in [1.82, 2.24) is 9.80 Å². The number of nitrogen functional groups attached to an aromatic ring is 1. The Morgan fingerprint density at radius 2 is 1.85 bits per heavy atom. The van der Waals surface area contributed by atoms with Crippen LogP contribution in [-0.2, 0) is 4.79 Å². The summed E-state index contributed by atoms with van der Waals surface area (Å²) >= 11 is 0. The minimum atomic E-state index is 0.0285. The highest BCUT2D eigenvalue weighted by Gasteiger charge is 2.16. The van der Waals surface area contributed by atoms with E-state index in [9.17, 15) is 4.79 Å². The summed E-state index contributed by atoms with van der Waals surface area (Å²) in [5.41, 5.74) is 7.12. The third kappa shape index (κ3) is 4.21. The number of hydrogen-bond acceptors (Lipinski definition) is 4. The minimum Gasteiger partial charge on any atom is -0.397 e. The average molecular weight is 276 g/mol. The number of amides is 1. The second kappa shape index (κ2) is 7.26. The van der Waals surface area contributed by atoms with E-state index in [1.807, 2.05) is 18.2 Å². The first-order chi connectivity index (χ1) is 9.69. The van der Waals surface area contributed by atoms with Crippen LogP contribution in [0.4, 0.5) is 11.4 Å². The van der Waals surface area contributed by atoms with Crippen molar-refractivity contribution in [2.75, 3.05) is 50.3 Å². The zero-order valence-corrected chi connectivity index (χ0v) is 12.1. The standard InChI is InChI=1S/C15H24N4O/c1-2-18-9-11-19(12-10-18)8-7-15(20)17-14-6-4-3-5-13(14)16/h3-6H,2,7-12,16H2,1H3,(H,17,20). The van der Waals surface area contributed by atoms with Gasteiger partial charge in [0.05, 0.1) is 11.4 Å². The van der Waals surface area contributed by atoms with Gasteiger partial charge in [0.1, 0.15) is 0 Å². The van der Waals surface area contributed by atoms with Gasteiger partial charge >= 0.3 is 0 Å². The second-order valence-corrected chi connectivity index (χ2v) is 5.16. The number of benzene rings is 1. The lowest BCUT2D eigenvalue weighted by atomic mass is 10.2. The third-order valence-corrected chi connectivity index (χ3v) is 3.80. The molecule has 5 heteroatoms. The van der Waals surface area contributed by atoms with Crippen molar-refractivity contribution < 1.29 is 4.79 Å². The molecule has 0 aliphatic carbocycles. The summed E-state index contributed by atoms with van der Waals surface area (Å²) in [4.78, 5) is 16.7. The molecule has 1 aliphatic rings. The molecular formula is C15H24N4O. The Balaban J connectivity index is 1.72. The number of nitrogens with one attached hydrogen (secondary N) is 1. The number of piperazine rings is 1. The summed E-state index contributed by atoms with van der Waals surface area (Å²) in [6, 6.07) is 7.35. The molecule has 2 rings (SSSR count). The quantitative estimate of drug-likeness (QED) is 0.794. The monoisotopic (exact) mass is 276 g/mol. The van der Waals surface area contributed by atoms with Crippen molar-refractivity contribution >= 4 is 17.3 Å². The Hall–Kier alpha value is -1.59. The molecule has 0 aromatic heterocycles. The highest BCUT2D eigenvalue weighted by Crippen LogP contribution is 2.16. The normalized spacial score (nSPS) is 17.1. The Bertz CT molecular complexity index is 441. The molecule has 0 spiro atoms. The van der Waals surface area contributed by atoms with Crippen molar-refractivity contribution in [2.24, 2.45) is 0 Å². The summed E-state index contributed by atoms with van der Waals surface area (Å²) in [7, 11) is 0. The van der Waals surface area contributed by atoms with Crippen molar-refractivity contribution in [2.45, 2.75) is 13.3 Å². The lowest BCUT2D eigenvalue weighted by molar-refractivity contribution is -0.116. The van der Waals surface area contributed by atoms with Crippen molar-refractivity contribution in [3.05, 3.63) is 24.3 Å². The molecule has 1 aromatic carbocycles. The van der Waals surface area contributed by atoms with Crippen LogP contribution < -0.4 is 11.1 Å². The first-order valence-electron chi connectivity index (χ1n) is 7.28. The van der Waals surface area contributed by atoms with Gasteiger partial charge in [-0.25, -0.2) is 0 Å². The zero-order chi connectivity index (χ0) is 14.4.